The van der Waals surface area contributed by atoms with E-state index in [1.165, 1.54) is 12.1 Å². The van der Waals surface area contributed by atoms with E-state index in [0.29, 0.717) is 24.5 Å². The summed E-state index contributed by atoms with van der Waals surface area (Å²) in [6.07, 6.45) is 2.34. The van der Waals surface area contributed by atoms with Crippen LogP contribution in [0.5, 0.6) is 11.5 Å². The molecule has 1 saturated heterocycles. The molecule has 2 aromatic rings. The minimum absolute atomic E-state index is 0.335. The van der Waals surface area contributed by atoms with E-state index in [1.807, 2.05) is 23.1 Å². The molecule has 144 valence electrons. The molecule has 2 aromatic carbocycles. The monoisotopic (exact) mass is 373 g/mol. The third-order valence-electron chi connectivity index (χ3n) is 5.09. The molecule has 1 aliphatic heterocycles. The topological polar surface area (TPSA) is 59.0 Å². The number of benzene rings is 2. The molecule has 5 nitrogen and oxygen atoms in total. The summed E-state index contributed by atoms with van der Waals surface area (Å²) in [5, 5.41) is 9.78. The van der Waals surface area contributed by atoms with E-state index < -0.39 is 18.1 Å². The molecular weight excluding hydrogens is 349 g/mol. The van der Waals surface area contributed by atoms with Gasteiger partial charge in [-0.3, -0.25) is 9.69 Å². The van der Waals surface area contributed by atoms with Crippen molar-refractivity contribution in [2.24, 2.45) is 0 Å². The second kappa shape index (κ2) is 8.39. The normalized spacial score (nSPS) is 18.7. The SMILES string of the molecule is COc1cccc(OC)c1C(c1ccc(F)cc1)N1CCCCC1C(=O)O. The first-order valence-corrected chi connectivity index (χ1v) is 9.01. The van der Waals surface area contributed by atoms with Crippen LogP contribution in [0.4, 0.5) is 4.39 Å². The second-order valence-corrected chi connectivity index (χ2v) is 6.62. The Morgan fingerprint density at radius 1 is 1.11 bits per heavy atom. The van der Waals surface area contributed by atoms with Crippen LogP contribution in [0.25, 0.3) is 0 Å². The first-order valence-electron chi connectivity index (χ1n) is 9.01. The molecule has 2 atom stereocenters. The predicted octanol–water partition coefficient (Wildman–Crippen LogP) is 3.87. The number of carboxylic acids is 1. The molecule has 1 aliphatic rings. The van der Waals surface area contributed by atoms with Gasteiger partial charge in [0.15, 0.2) is 0 Å². The number of halogens is 1. The molecule has 0 bridgehead atoms. The number of hydrogen-bond acceptors (Lipinski definition) is 4. The predicted molar refractivity (Wildman–Crippen MR) is 99.8 cm³/mol. The number of methoxy groups -OCH3 is 2. The standard InChI is InChI=1S/C21H24FNO4/c1-26-17-7-5-8-18(27-2)19(17)20(14-9-11-15(22)12-10-14)23-13-4-3-6-16(23)21(24)25/h5,7-12,16,20H,3-4,6,13H2,1-2H3,(H,24,25). The van der Waals surface area contributed by atoms with E-state index >= 15 is 0 Å². The number of likely N-dealkylation sites (tertiary alicyclic amines) is 1. The lowest BCUT2D eigenvalue weighted by Gasteiger charge is -2.40. The van der Waals surface area contributed by atoms with E-state index in [2.05, 4.69) is 0 Å². The van der Waals surface area contributed by atoms with Crippen LogP contribution in [0.3, 0.4) is 0 Å². The first kappa shape index (κ1) is 19.2. The Morgan fingerprint density at radius 3 is 2.30 bits per heavy atom. The highest BCUT2D eigenvalue weighted by Gasteiger charge is 2.37. The van der Waals surface area contributed by atoms with Crippen molar-refractivity contribution in [1.82, 2.24) is 4.90 Å². The Kier molecular flexibility index (Phi) is 5.96. The van der Waals surface area contributed by atoms with Gasteiger partial charge in [-0.25, -0.2) is 4.39 Å². The van der Waals surface area contributed by atoms with Crippen molar-refractivity contribution in [3.8, 4) is 11.5 Å². The molecule has 0 amide bonds. The maximum atomic E-state index is 13.5. The lowest BCUT2D eigenvalue weighted by atomic mass is 9.90. The van der Waals surface area contributed by atoms with Crippen LogP contribution in [-0.2, 0) is 4.79 Å². The number of ether oxygens (including phenoxy) is 2. The Labute approximate surface area is 158 Å². The van der Waals surface area contributed by atoms with Crippen LogP contribution >= 0.6 is 0 Å². The lowest BCUT2D eigenvalue weighted by molar-refractivity contribution is -0.145. The van der Waals surface area contributed by atoms with Gasteiger partial charge >= 0.3 is 5.97 Å². The minimum atomic E-state index is -0.851. The van der Waals surface area contributed by atoms with Crippen molar-refractivity contribution in [3.63, 3.8) is 0 Å². The summed E-state index contributed by atoms with van der Waals surface area (Å²) in [4.78, 5) is 13.9. The fourth-order valence-corrected chi connectivity index (χ4v) is 3.85. The molecule has 6 heteroatoms. The van der Waals surface area contributed by atoms with Crippen molar-refractivity contribution >= 4 is 5.97 Å². The summed E-state index contributed by atoms with van der Waals surface area (Å²) in [5.74, 6) is 0.0328. The maximum Gasteiger partial charge on any atom is 0.320 e. The van der Waals surface area contributed by atoms with Crippen molar-refractivity contribution < 1.29 is 23.8 Å². The fourth-order valence-electron chi connectivity index (χ4n) is 3.85. The van der Waals surface area contributed by atoms with Crippen molar-refractivity contribution in [2.45, 2.75) is 31.3 Å². The van der Waals surface area contributed by atoms with Gasteiger partial charge in [0.05, 0.1) is 25.8 Å². The molecule has 0 spiro atoms. The lowest BCUT2D eigenvalue weighted by Crippen LogP contribution is -2.47. The third-order valence-corrected chi connectivity index (χ3v) is 5.09. The number of piperidine rings is 1. The van der Waals surface area contributed by atoms with Gasteiger partial charge in [-0.2, -0.15) is 0 Å². The van der Waals surface area contributed by atoms with Gasteiger partial charge in [0.1, 0.15) is 23.4 Å². The van der Waals surface area contributed by atoms with Gasteiger partial charge in [-0.1, -0.05) is 24.6 Å². The highest BCUT2D eigenvalue weighted by atomic mass is 19.1. The minimum Gasteiger partial charge on any atom is -0.496 e. The average molecular weight is 373 g/mol. The molecule has 0 radical (unpaired) electrons. The fraction of sp³-hybridized carbons (Fsp3) is 0.381. The Morgan fingerprint density at radius 2 is 1.74 bits per heavy atom. The van der Waals surface area contributed by atoms with Crippen molar-refractivity contribution in [2.75, 3.05) is 20.8 Å². The van der Waals surface area contributed by atoms with Crippen LogP contribution in [0, 0.1) is 5.82 Å². The molecule has 2 unspecified atom stereocenters. The molecule has 27 heavy (non-hydrogen) atoms. The maximum absolute atomic E-state index is 13.5. The van der Waals surface area contributed by atoms with Gasteiger partial charge < -0.3 is 14.6 Å². The van der Waals surface area contributed by atoms with E-state index in [-0.39, 0.29) is 5.82 Å². The zero-order valence-corrected chi connectivity index (χ0v) is 15.5. The summed E-state index contributed by atoms with van der Waals surface area (Å²) in [7, 11) is 3.15. The van der Waals surface area contributed by atoms with Gasteiger partial charge in [-0.05, 0) is 49.2 Å². The summed E-state index contributed by atoms with van der Waals surface area (Å²) in [6, 6.07) is 10.6. The molecule has 0 saturated carbocycles. The summed E-state index contributed by atoms with van der Waals surface area (Å²) in [6.45, 7) is 0.625. The molecule has 0 aliphatic carbocycles. The zero-order valence-electron chi connectivity index (χ0n) is 15.5. The zero-order chi connectivity index (χ0) is 19.4. The molecule has 1 heterocycles. The molecule has 1 fully saturated rings. The highest BCUT2D eigenvalue weighted by molar-refractivity contribution is 5.74. The smallest absolute Gasteiger partial charge is 0.320 e. The summed E-state index contributed by atoms with van der Waals surface area (Å²) in [5.41, 5.74) is 1.55. The number of hydrogen-bond donors (Lipinski definition) is 1. The third kappa shape index (κ3) is 3.90. The van der Waals surface area contributed by atoms with Gasteiger partial charge in [0.25, 0.3) is 0 Å². The van der Waals surface area contributed by atoms with Crippen molar-refractivity contribution in [3.05, 3.63) is 59.4 Å². The highest BCUT2D eigenvalue weighted by Crippen LogP contribution is 2.43. The summed E-state index contributed by atoms with van der Waals surface area (Å²) >= 11 is 0. The average Bonchev–Trinajstić information content (AvgIpc) is 2.70. The van der Waals surface area contributed by atoms with Crippen LogP contribution in [0.1, 0.15) is 36.4 Å². The number of aliphatic carboxylic acids is 1. The largest absolute Gasteiger partial charge is 0.496 e. The molecule has 1 N–H and O–H groups in total. The molecule has 0 aromatic heterocycles. The number of carbonyl (C=O) groups is 1. The Bertz CT molecular complexity index is 771. The molecule has 3 rings (SSSR count). The molecular formula is C21H24FNO4. The van der Waals surface area contributed by atoms with E-state index in [1.54, 1.807) is 26.4 Å². The number of nitrogens with zero attached hydrogens (tertiary/aromatic N) is 1. The van der Waals surface area contributed by atoms with Gasteiger partial charge in [-0.15, -0.1) is 0 Å². The Balaban J connectivity index is 2.19. The number of carboxylic acid groups (broad SMARTS) is 1. The van der Waals surface area contributed by atoms with E-state index in [4.69, 9.17) is 9.47 Å². The second-order valence-electron chi connectivity index (χ2n) is 6.62. The summed E-state index contributed by atoms with van der Waals surface area (Å²) < 4.78 is 24.7. The van der Waals surface area contributed by atoms with Crippen LogP contribution < -0.4 is 9.47 Å². The van der Waals surface area contributed by atoms with Crippen LogP contribution in [-0.4, -0.2) is 42.8 Å². The van der Waals surface area contributed by atoms with E-state index in [9.17, 15) is 14.3 Å². The van der Waals surface area contributed by atoms with E-state index in [0.717, 1.165) is 24.0 Å². The van der Waals surface area contributed by atoms with Crippen LogP contribution in [0.15, 0.2) is 42.5 Å². The Hall–Kier alpha value is -2.60. The van der Waals surface area contributed by atoms with Crippen LogP contribution in [0.2, 0.25) is 0 Å². The first-order chi connectivity index (χ1) is 13.1. The van der Waals surface area contributed by atoms with Gasteiger partial charge in [0, 0.05) is 0 Å². The quantitative estimate of drug-likeness (QED) is 0.833. The van der Waals surface area contributed by atoms with Crippen molar-refractivity contribution in [1.29, 1.82) is 0 Å². The van der Waals surface area contributed by atoms with Gasteiger partial charge in [0.2, 0.25) is 0 Å². The number of rotatable bonds is 6.